The van der Waals surface area contributed by atoms with E-state index in [-0.39, 0.29) is 12.0 Å². The first-order valence-corrected chi connectivity index (χ1v) is 4.63. The SMILES string of the molecule is COC(=O)[C@@H]1CC2CCN1CC2. The van der Waals surface area contributed by atoms with Gasteiger partial charge in [0.2, 0.25) is 0 Å². The molecule has 0 spiro atoms. The molecule has 0 aliphatic carbocycles. The second kappa shape index (κ2) is 3.05. The van der Waals surface area contributed by atoms with Crippen molar-refractivity contribution in [3.8, 4) is 0 Å². The maximum Gasteiger partial charge on any atom is 0.323 e. The molecule has 1 atom stereocenters. The van der Waals surface area contributed by atoms with Gasteiger partial charge >= 0.3 is 5.97 Å². The maximum atomic E-state index is 11.3. The third-order valence-electron chi connectivity index (χ3n) is 3.12. The van der Waals surface area contributed by atoms with Crippen molar-refractivity contribution in [1.29, 1.82) is 0 Å². The van der Waals surface area contributed by atoms with E-state index in [4.69, 9.17) is 4.74 Å². The number of ether oxygens (including phenoxy) is 1. The van der Waals surface area contributed by atoms with Crippen molar-refractivity contribution >= 4 is 5.97 Å². The number of hydrogen-bond acceptors (Lipinski definition) is 3. The van der Waals surface area contributed by atoms with Gasteiger partial charge in [0.25, 0.3) is 0 Å². The predicted molar refractivity (Wildman–Crippen MR) is 44.7 cm³/mol. The standard InChI is InChI=1S/C9H15NO2/c1-12-9(11)8-6-7-2-4-10(8)5-3-7/h7-8H,2-6H2,1H3/t8-/m0/s1. The van der Waals surface area contributed by atoms with Crippen LogP contribution in [-0.2, 0) is 9.53 Å². The highest BCUT2D eigenvalue weighted by atomic mass is 16.5. The van der Waals surface area contributed by atoms with E-state index >= 15 is 0 Å². The van der Waals surface area contributed by atoms with E-state index in [1.165, 1.54) is 20.0 Å². The Labute approximate surface area is 72.7 Å². The van der Waals surface area contributed by atoms with Crippen molar-refractivity contribution in [1.82, 2.24) is 4.90 Å². The minimum absolute atomic E-state index is 0.0422. The van der Waals surface area contributed by atoms with Crippen LogP contribution < -0.4 is 0 Å². The highest BCUT2D eigenvalue weighted by molar-refractivity contribution is 5.75. The van der Waals surface area contributed by atoms with Gasteiger partial charge in [-0.15, -0.1) is 0 Å². The Bertz CT molecular complexity index is 185. The van der Waals surface area contributed by atoms with Crippen LogP contribution in [0.5, 0.6) is 0 Å². The Balaban J connectivity index is 2.03. The van der Waals surface area contributed by atoms with Gasteiger partial charge in [0.05, 0.1) is 7.11 Å². The summed E-state index contributed by atoms with van der Waals surface area (Å²) in [5, 5.41) is 0. The molecule has 0 amide bonds. The van der Waals surface area contributed by atoms with Crippen molar-refractivity contribution in [2.75, 3.05) is 20.2 Å². The average molecular weight is 169 g/mol. The van der Waals surface area contributed by atoms with Crippen molar-refractivity contribution in [3.63, 3.8) is 0 Å². The van der Waals surface area contributed by atoms with E-state index in [1.54, 1.807) is 0 Å². The first-order chi connectivity index (χ1) is 5.81. The molecule has 12 heavy (non-hydrogen) atoms. The summed E-state index contributed by atoms with van der Waals surface area (Å²) in [7, 11) is 1.48. The van der Waals surface area contributed by atoms with E-state index in [9.17, 15) is 4.79 Å². The third-order valence-corrected chi connectivity index (χ3v) is 3.12. The van der Waals surface area contributed by atoms with E-state index in [1.807, 2.05) is 0 Å². The lowest BCUT2D eigenvalue weighted by Crippen LogP contribution is -2.52. The minimum atomic E-state index is -0.0422. The summed E-state index contributed by atoms with van der Waals surface area (Å²) >= 11 is 0. The summed E-state index contributed by atoms with van der Waals surface area (Å²) in [4.78, 5) is 13.5. The highest BCUT2D eigenvalue weighted by Gasteiger charge is 2.37. The second-order valence-corrected chi connectivity index (χ2v) is 3.75. The molecule has 3 saturated heterocycles. The number of rotatable bonds is 1. The number of piperidine rings is 3. The summed E-state index contributed by atoms with van der Waals surface area (Å²) in [5.74, 6) is 0.735. The van der Waals surface area contributed by atoms with Gasteiger partial charge in [-0.1, -0.05) is 0 Å². The van der Waals surface area contributed by atoms with Crippen molar-refractivity contribution < 1.29 is 9.53 Å². The smallest absolute Gasteiger partial charge is 0.323 e. The monoisotopic (exact) mass is 169 g/mol. The Morgan fingerprint density at radius 2 is 2.08 bits per heavy atom. The van der Waals surface area contributed by atoms with Gasteiger partial charge in [0.1, 0.15) is 6.04 Å². The molecule has 3 aliphatic rings. The number of nitrogens with zero attached hydrogens (tertiary/aromatic N) is 1. The molecule has 3 aliphatic heterocycles. The molecular formula is C9H15NO2. The average Bonchev–Trinajstić information content (AvgIpc) is 2.18. The third kappa shape index (κ3) is 1.22. The number of methoxy groups -OCH3 is 1. The molecule has 0 N–H and O–H groups in total. The van der Waals surface area contributed by atoms with Gasteiger partial charge in [0.15, 0.2) is 0 Å². The fourth-order valence-corrected chi connectivity index (χ4v) is 2.35. The predicted octanol–water partition coefficient (Wildman–Crippen LogP) is 0.644. The van der Waals surface area contributed by atoms with Crippen LogP contribution in [0, 0.1) is 5.92 Å². The molecule has 3 nitrogen and oxygen atoms in total. The normalized spacial score (nSPS) is 39.6. The van der Waals surface area contributed by atoms with Crippen molar-refractivity contribution in [2.45, 2.75) is 25.3 Å². The van der Waals surface area contributed by atoms with Gasteiger partial charge in [-0.3, -0.25) is 9.69 Å². The van der Waals surface area contributed by atoms with Crippen molar-refractivity contribution in [3.05, 3.63) is 0 Å². The van der Waals surface area contributed by atoms with Crippen LogP contribution in [-0.4, -0.2) is 37.1 Å². The number of carbonyl (C=O) groups is 1. The molecule has 0 aromatic carbocycles. The molecule has 0 unspecified atom stereocenters. The first-order valence-electron chi connectivity index (χ1n) is 4.63. The summed E-state index contributed by atoms with van der Waals surface area (Å²) in [6.45, 7) is 2.18. The van der Waals surface area contributed by atoms with Crippen molar-refractivity contribution in [2.24, 2.45) is 5.92 Å². The van der Waals surface area contributed by atoms with Gasteiger partial charge in [-0.05, 0) is 38.3 Å². The van der Waals surface area contributed by atoms with Crippen LogP contribution in [0.2, 0.25) is 0 Å². The van der Waals surface area contributed by atoms with Gasteiger partial charge in [0, 0.05) is 0 Å². The minimum Gasteiger partial charge on any atom is -0.468 e. The van der Waals surface area contributed by atoms with E-state index in [2.05, 4.69) is 4.90 Å². The maximum absolute atomic E-state index is 11.3. The lowest BCUT2D eigenvalue weighted by atomic mass is 9.83. The first kappa shape index (κ1) is 8.05. The summed E-state index contributed by atoms with van der Waals surface area (Å²) < 4.78 is 4.76. The molecule has 0 saturated carbocycles. The molecule has 2 bridgehead atoms. The fraction of sp³-hybridized carbons (Fsp3) is 0.889. The molecular weight excluding hydrogens is 154 g/mol. The second-order valence-electron chi connectivity index (χ2n) is 3.75. The van der Waals surface area contributed by atoms with Crippen LogP contribution in [0.15, 0.2) is 0 Å². The number of esters is 1. The van der Waals surface area contributed by atoms with Gasteiger partial charge < -0.3 is 4.74 Å². The van der Waals surface area contributed by atoms with Crippen LogP contribution in [0.25, 0.3) is 0 Å². The molecule has 0 aromatic rings. The fourth-order valence-electron chi connectivity index (χ4n) is 2.35. The van der Waals surface area contributed by atoms with Gasteiger partial charge in [-0.2, -0.15) is 0 Å². The number of fused-ring (bicyclic) bond motifs is 3. The molecule has 68 valence electrons. The zero-order valence-electron chi connectivity index (χ0n) is 7.45. The zero-order chi connectivity index (χ0) is 8.55. The van der Waals surface area contributed by atoms with E-state index in [0.717, 1.165) is 25.4 Å². The lowest BCUT2D eigenvalue weighted by Gasteiger charge is -2.43. The Kier molecular flexibility index (Phi) is 2.05. The van der Waals surface area contributed by atoms with Crippen LogP contribution in [0.1, 0.15) is 19.3 Å². The molecule has 3 rings (SSSR count). The zero-order valence-corrected chi connectivity index (χ0v) is 7.45. The number of hydrogen-bond donors (Lipinski definition) is 0. The van der Waals surface area contributed by atoms with Crippen LogP contribution in [0.3, 0.4) is 0 Å². The van der Waals surface area contributed by atoms with E-state index < -0.39 is 0 Å². The molecule has 0 radical (unpaired) electrons. The summed E-state index contributed by atoms with van der Waals surface area (Å²) in [6.07, 6.45) is 3.56. The summed E-state index contributed by atoms with van der Waals surface area (Å²) in [5.41, 5.74) is 0. The molecule has 3 heterocycles. The number of carbonyl (C=O) groups excluding carboxylic acids is 1. The van der Waals surface area contributed by atoms with Crippen LogP contribution in [0.4, 0.5) is 0 Å². The Morgan fingerprint density at radius 3 is 2.50 bits per heavy atom. The van der Waals surface area contributed by atoms with E-state index in [0.29, 0.717) is 0 Å². The largest absolute Gasteiger partial charge is 0.468 e. The van der Waals surface area contributed by atoms with Crippen LogP contribution >= 0.6 is 0 Å². The van der Waals surface area contributed by atoms with Gasteiger partial charge in [-0.25, -0.2) is 0 Å². The quantitative estimate of drug-likeness (QED) is 0.540. The summed E-state index contributed by atoms with van der Waals surface area (Å²) in [6, 6.07) is 0.0718. The molecule has 3 heteroatoms. The highest BCUT2D eigenvalue weighted by Crippen LogP contribution is 2.31. The Morgan fingerprint density at radius 1 is 1.42 bits per heavy atom. The Hall–Kier alpha value is -0.570. The molecule has 0 aromatic heterocycles. The topological polar surface area (TPSA) is 29.5 Å². The lowest BCUT2D eigenvalue weighted by molar-refractivity contribution is -0.151. The molecule has 3 fully saturated rings.